The summed E-state index contributed by atoms with van der Waals surface area (Å²) >= 11 is 0. The van der Waals surface area contributed by atoms with Gasteiger partial charge in [-0.25, -0.2) is 0 Å². The number of nitrogens with one attached hydrogen (secondary N) is 1. The van der Waals surface area contributed by atoms with E-state index < -0.39 is 0 Å². The van der Waals surface area contributed by atoms with Crippen LogP contribution in [0.25, 0.3) is 0 Å². The molecule has 2 unspecified atom stereocenters. The van der Waals surface area contributed by atoms with Gasteiger partial charge in [-0.15, -0.1) is 0 Å². The standard InChI is InChI=1S/C17H25NO2/c1-19-15-8-7-14-5-2-6-17(16(14)10-15)18-11-13-4-3-9-20-12-13/h7-8,10,13,17-18H,2-6,9,11-12H2,1H3. The average molecular weight is 275 g/mol. The molecule has 1 aromatic rings. The van der Waals surface area contributed by atoms with Gasteiger partial charge in [0.2, 0.25) is 0 Å². The number of rotatable bonds is 4. The van der Waals surface area contributed by atoms with Gasteiger partial charge in [0.1, 0.15) is 5.75 Å². The van der Waals surface area contributed by atoms with E-state index in [-0.39, 0.29) is 0 Å². The minimum absolute atomic E-state index is 0.482. The van der Waals surface area contributed by atoms with Crippen LogP contribution in [-0.4, -0.2) is 26.9 Å². The summed E-state index contributed by atoms with van der Waals surface area (Å²) in [5.74, 6) is 1.65. The molecule has 3 rings (SSSR count). The number of fused-ring (bicyclic) bond motifs is 1. The first-order valence-corrected chi connectivity index (χ1v) is 7.85. The van der Waals surface area contributed by atoms with Crippen LogP contribution in [0.1, 0.15) is 42.9 Å². The van der Waals surface area contributed by atoms with Gasteiger partial charge < -0.3 is 14.8 Å². The van der Waals surface area contributed by atoms with E-state index in [9.17, 15) is 0 Å². The maximum atomic E-state index is 5.57. The van der Waals surface area contributed by atoms with Crippen molar-refractivity contribution in [1.82, 2.24) is 5.32 Å². The highest BCUT2D eigenvalue weighted by Crippen LogP contribution is 2.32. The van der Waals surface area contributed by atoms with Crippen LogP contribution in [0.4, 0.5) is 0 Å². The van der Waals surface area contributed by atoms with Crippen molar-refractivity contribution in [1.29, 1.82) is 0 Å². The molecule has 1 fully saturated rings. The lowest BCUT2D eigenvalue weighted by atomic mass is 9.87. The molecule has 1 aromatic carbocycles. The molecule has 1 N–H and O–H groups in total. The molecule has 2 aliphatic rings. The molecule has 0 radical (unpaired) electrons. The van der Waals surface area contributed by atoms with Gasteiger partial charge in [-0.2, -0.15) is 0 Å². The zero-order valence-corrected chi connectivity index (χ0v) is 12.4. The van der Waals surface area contributed by atoms with Crippen molar-refractivity contribution in [2.45, 2.75) is 38.1 Å². The number of aryl methyl sites for hydroxylation is 1. The highest BCUT2D eigenvalue weighted by Gasteiger charge is 2.22. The Bertz CT molecular complexity index is 441. The molecule has 3 nitrogen and oxygen atoms in total. The summed E-state index contributed by atoms with van der Waals surface area (Å²) in [5, 5.41) is 3.76. The van der Waals surface area contributed by atoms with Gasteiger partial charge >= 0.3 is 0 Å². The molecule has 1 heterocycles. The first-order valence-electron chi connectivity index (χ1n) is 7.85. The Kier molecular flexibility index (Phi) is 4.58. The molecule has 0 saturated carbocycles. The summed E-state index contributed by atoms with van der Waals surface area (Å²) in [7, 11) is 1.74. The molecule has 3 heteroatoms. The maximum Gasteiger partial charge on any atom is 0.119 e. The van der Waals surface area contributed by atoms with Crippen molar-refractivity contribution in [3.63, 3.8) is 0 Å². The Morgan fingerprint density at radius 3 is 3.05 bits per heavy atom. The summed E-state index contributed by atoms with van der Waals surface area (Å²) in [6.07, 6.45) is 6.21. The summed E-state index contributed by atoms with van der Waals surface area (Å²) in [6.45, 7) is 2.94. The molecule has 0 spiro atoms. The van der Waals surface area contributed by atoms with E-state index in [1.807, 2.05) is 0 Å². The van der Waals surface area contributed by atoms with E-state index in [0.717, 1.165) is 25.5 Å². The smallest absolute Gasteiger partial charge is 0.119 e. The fraction of sp³-hybridized carbons (Fsp3) is 0.647. The van der Waals surface area contributed by atoms with E-state index >= 15 is 0 Å². The lowest BCUT2D eigenvalue weighted by Crippen LogP contribution is -2.33. The van der Waals surface area contributed by atoms with Crippen LogP contribution in [0.3, 0.4) is 0 Å². The zero-order valence-electron chi connectivity index (χ0n) is 12.4. The van der Waals surface area contributed by atoms with E-state index in [4.69, 9.17) is 9.47 Å². The summed E-state index contributed by atoms with van der Waals surface area (Å²) < 4.78 is 10.9. The molecular weight excluding hydrogens is 250 g/mol. The highest BCUT2D eigenvalue weighted by atomic mass is 16.5. The minimum atomic E-state index is 0.482. The Balaban J connectivity index is 1.65. The number of benzene rings is 1. The Morgan fingerprint density at radius 2 is 2.25 bits per heavy atom. The van der Waals surface area contributed by atoms with Crippen molar-refractivity contribution < 1.29 is 9.47 Å². The topological polar surface area (TPSA) is 30.5 Å². The molecule has 0 bridgehead atoms. The van der Waals surface area contributed by atoms with E-state index in [2.05, 4.69) is 23.5 Å². The molecular formula is C17H25NO2. The lowest BCUT2D eigenvalue weighted by molar-refractivity contribution is 0.0535. The van der Waals surface area contributed by atoms with Crippen LogP contribution in [0.15, 0.2) is 18.2 Å². The molecule has 2 atom stereocenters. The second-order valence-corrected chi connectivity index (χ2v) is 6.00. The largest absolute Gasteiger partial charge is 0.497 e. The molecule has 0 amide bonds. The van der Waals surface area contributed by atoms with Gasteiger partial charge in [0, 0.05) is 19.2 Å². The normalized spacial score (nSPS) is 26.1. The fourth-order valence-electron chi connectivity index (χ4n) is 3.39. The summed E-state index contributed by atoms with van der Waals surface area (Å²) in [4.78, 5) is 0. The molecule has 1 saturated heterocycles. The number of methoxy groups -OCH3 is 1. The second-order valence-electron chi connectivity index (χ2n) is 6.00. The third kappa shape index (κ3) is 3.15. The van der Waals surface area contributed by atoms with E-state index in [1.54, 1.807) is 7.11 Å². The monoisotopic (exact) mass is 275 g/mol. The quantitative estimate of drug-likeness (QED) is 0.916. The molecule has 1 aliphatic carbocycles. The van der Waals surface area contributed by atoms with Crippen LogP contribution < -0.4 is 10.1 Å². The zero-order chi connectivity index (χ0) is 13.8. The van der Waals surface area contributed by atoms with Crippen molar-refractivity contribution in [2.75, 3.05) is 26.9 Å². The Labute approximate surface area is 121 Å². The van der Waals surface area contributed by atoms with E-state index in [0.29, 0.717) is 12.0 Å². The van der Waals surface area contributed by atoms with Gasteiger partial charge in [0.05, 0.1) is 13.7 Å². The fourth-order valence-corrected chi connectivity index (χ4v) is 3.39. The summed E-state index contributed by atoms with van der Waals surface area (Å²) in [5.41, 5.74) is 2.92. The minimum Gasteiger partial charge on any atom is -0.497 e. The SMILES string of the molecule is COc1ccc2c(c1)C(NCC1CCCOC1)CCC2. The predicted molar refractivity (Wildman–Crippen MR) is 80.2 cm³/mol. The average Bonchev–Trinajstić information content (AvgIpc) is 2.53. The van der Waals surface area contributed by atoms with Gasteiger partial charge in [-0.1, -0.05) is 6.07 Å². The molecule has 1 aliphatic heterocycles. The van der Waals surface area contributed by atoms with Gasteiger partial charge in [-0.3, -0.25) is 0 Å². The first-order chi connectivity index (χ1) is 9.86. The lowest BCUT2D eigenvalue weighted by Gasteiger charge is -2.30. The van der Waals surface area contributed by atoms with E-state index in [1.165, 1.54) is 43.2 Å². The van der Waals surface area contributed by atoms with Crippen LogP contribution in [0, 0.1) is 5.92 Å². The van der Waals surface area contributed by atoms with Gasteiger partial charge in [0.25, 0.3) is 0 Å². The van der Waals surface area contributed by atoms with Crippen molar-refractivity contribution in [3.8, 4) is 5.75 Å². The molecule has 110 valence electrons. The van der Waals surface area contributed by atoms with Crippen LogP contribution in [0.2, 0.25) is 0 Å². The predicted octanol–water partition coefficient (Wildman–Crippen LogP) is 3.09. The van der Waals surface area contributed by atoms with Crippen molar-refractivity contribution >= 4 is 0 Å². The Hall–Kier alpha value is -1.06. The first kappa shape index (κ1) is 13.9. The molecule has 20 heavy (non-hydrogen) atoms. The highest BCUT2D eigenvalue weighted by molar-refractivity contribution is 5.39. The van der Waals surface area contributed by atoms with Crippen LogP contribution in [0.5, 0.6) is 5.75 Å². The summed E-state index contributed by atoms with van der Waals surface area (Å²) in [6, 6.07) is 7.00. The van der Waals surface area contributed by atoms with Gasteiger partial charge in [-0.05, 0) is 61.3 Å². The van der Waals surface area contributed by atoms with Crippen LogP contribution in [-0.2, 0) is 11.2 Å². The van der Waals surface area contributed by atoms with Crippen molar-refractivity contribution in [3.05, 3.63) is 29.3 Å². The number of hydrogen-bond acceptors (Lipinski definition) is 3. The molecule has 0 aromatic heterocycles. The maximum absolute atomic E-state index is 5.57. The third-order valence-electron chi connectivity index (χ3n) is 4.57. The number of ether oxygens (including phenoxy) is 2. The Morgan fingerprint density at radius 1 is 1.30 bits per heavy atom. The van der Waals surface area contributed by atoms with Gasteiger partial charge in [0.15, 0.2) is 0 Å². The van der Waals surface area contributed by atoms with Crippen LogP contribution >= 0.6 is 0 Å². The number of hydrogen-bond donors (Lipinski definition) is 1. The third-order valence-corrected chi connectivity index (χ3v) is 4.57. The van der Waals surface area contributed by atoms with Crippen molar-refractivity contribution in [2.24, 2.45) is 5.92 Å². The second kappa shape index (κ2) is 6.59.